The van der Waals surface area contributed by atoms with Crippen LogP contribution in [-0.2, 0) is 21.4 Å². The topological polar surface area (TPSA) is 70.9 Å². The number of benzene rings is 1. The summed E-state index contributed by atoms with van der Waals surface area (Å²) >= 11 is 6.99. The Morgan fingerprint density at radius 1 is 1.29 bits per heavy atom. The summed E-state index contributed by atoms with van der Waals surface area (Å²) in [5.41, 5.74) is 1.05. The lowest BCUT2D eigenvalue weighted by molar-refractivity contribution is 0.314. The standard InChI is InChI=1S/C13H16ClN3O2S2/c14-8-9-4-1-2-5-10(9)17-21(18,19)12-7-3-6-11-13(12)16-20-15-11/h3,6-7,9-10,17H,1-2,4-5,8H2. The van der Waals surface area contributed by atoms with E-state index in [-0.39, 0.29) is 16.9 Å². The van der Waals surface area contributed by atoms with Gasteiger partial charge in [-0.2, -0.15) is 8.73 Å². The van der Waals surface area contributed by atoms with Crippen LogP contribution in [0.5, 0.6) is 0 Å². The first-order valence-electron chi connectivity index (χ1n) is 6.91. The number of sulfonamides is 1. The van der Waals surface area contributed by atoms with Gasteiger partial charge in [0.1, 0.15) is 16.3 Å². The van der Waals surface area contributed by atoms with Crippen molar-refractivity contribution in [3.8, 4) is 0 Å². The molecule has 1 aliphatic carbocycles. The molecule has 1 heterocycles. The average Bonchev–Trinajstić information content (AvgIpc) is 2.95. The summed E-state index contributed by atoms with van der Waals surface area (Å²) in [4.78, 5) is 0.202. The summed E-state index contributed by atoms with van der Waals surface area (Å²) < 4.78 is 36.3. The SMILES string of the molecule is O=S(=O)(NC1CCCCC1CCl)c1cccc2c1N=S=N2. The molecule has 0 radical (unpaired) electrons. The Bertz CT molecular complexity index is 714. The first-order chi connectivity index (χ1) is 10.1. The van der Waals surface area contributed by atoms with Crippen molar-refractivity contribution in [3.63, 3.8) is 0 Å². The fourth-order valence-electron chi connectivity index (χ4n) is 2.81. The number of halogens is 1. The molecule has 8 heteroatoms. The van der Waals surface area contributed by atoms with Crippen molar-refractivity contribution in [2.75, 3.05) is 5.88 Å². The van der Waals surface area contributed by atoms with Crippen LogP contribution in [0.1, 0.15) is 25.7 Å². The molecular formula is C13H16ClN3O2S2. The Morgan fingerprint density at radius 2 is 2.10 bits per heavy atom. The van der Waals surface area contributed by atoms with E-state index in [0.717, 1.165) is 37.0 Å². The van der Waals surface area contributed by atoms with Gasteiger partial charge in [0.15, 0.2) is 0 Å². The smallest absolute Gasteiger partial charge is 0.208 e. The van der Waals surface area contributed by atoms with Crippen LogP contribution in [0.25, 0.3) is 0 Å². The van der Waals surface area contributed by atoms with E-state index in [1.807, 2.05) is 0 Å². The number of rotatable bonds is 4. The number of nitrogens with one attached hydrogen (secondary N) is 1. The number of hydrogen-bond donors (Lipinski definition) is 1. The monoisotopic (exact) mass is 345 g/mol. The molecule has 21 heavy (non-hydrogen) atoms. The van der Waals surface area contributed by atoms with Gasteiger partial charge in [-0.05, 0) is 30.9 Å². The molecule has 1 fully saturated rings. The lowest BCUT2D eigenvalue weighted by atomic mass is 9.86. The molecule has 114 valence electrons. The minimum absolute atomic E-state index is 0.0944. The highest BCUT2D eigenvalue weighted by Gasteiger charge is 2.30. The van der Waals surface area contributed by atoms with Crippen LogP contribution in [-0.4, -0.2) is 20.3 Å². The number of alkyl halides is 1. The molecule has 0 amide bonds. The summed E-state index contributed by atoms with van der Waals surface area (Å²) in [5, 5.41) is 0. The molecule has 1 N–H and O–H groups in total. The normalized spacial score (nSPS) is 24.6. The Morgan fingerprint density at radius 3 is 2.90 bits per heavy atom. The highest BCUT2D eigenvalue weighted by atomic mass is 35.5. The zero-order valence-electron chi connectivity index (χ0n) is 11.3. The average molecular weight is 346 g/mol. The molecule has 0 bridgehead atoms. The Balaban J connectivity index is 1.88. The van der Waals surface area contributed by atoms with E-state index in [4.69, 9.17) is 11.6 Å². The first kappa shape index (κ1) is 15.1. The first-order valence-corrected chi connectivity index (χ1v) is 9.66. The van der Waals surface area contributed by atoms with Crippen molar-refractivity contribution in [1.29, 1.82) is 0 Å². The predicted octanol–water partition coefficient (Wildman–Crippen LogP) is 3.49. The highest BCUT2D eigenvalue weighted by Crippen LogP contribution is 2.37. The molecule has 1 aromatic rings. The second kappa shape index (κ2) is 6.16. The van der Waals surface area contributed by atoms with Gasteiger partial charge in [0.05, 0.1) is 11.4 Å². The van der Waals surface area contributed by atoms with Gasteiger partial charge in [-0.1, -0.05) is 18.9 Å². The summed E-state index contributed by atoms with van der Waals surface area (Å²) in [6.45, 7) is 0. The number of hydrogen-bond acceptors (Lipinski definition) is 4. The quantitative estimate of drug-likeness (QED) is 0.861. The van der Waals surface area contributed by atoms with Gasteiger partial charge in [-0.15, -0.1) is 11.6 Å². The van der Waals surface area contributed by atoms with Crippen LogP contribution in [0.4, 0.5) is 11.4 Å². The van der Waals surface area contributed by atoms with Gasteiger partial charge in [-0.3, -0.25) is 0 Å². The number of nitrogens with zero attached hydrogens (tertiary/aromatic N) is 2. The van der Waals surface area contributed by atoms with E-state index in [1.54, 1.807) is 18.2 Å². The zero-order valence-corrected chi connectivity index (χ0v) is 13.7. The van der Waals surface area contributed by atoms with Crippen LogP contribution in [0.3, 0.4) is 0 Å². The van der Waals surface area contributed by atoms with E-state index in [1.165, 1.54) is 0 Å². The van der Waals surface area contributed by atoms with Gasteiger partial charge >= 0.3 is 0 Å². The van der Waals surface area contributed by atoms with Gasteiger partial charge in [0.25, 0.3) is 0 Å². The van der Waals surface area contributed by atoms with Crippen molar-refractivity contribution in [2.45, 2.75) is 36.6 Å². The van der Waals surface area contributed by atoms with Gasteiger partial charge in [0, 0.05) is 11.9 Å². The second-order valence-corrected chi connectivity index (χ2v) is 7.83. The molecule has 0 saturated heterocycles. The Kier molecular flexibility index (Phi) is 4.44. The van der Waals surface area contributed by atoms with Crippen LogP contribution in [0.2, 0.25) is 0 Å². The fourth-order valence-corrected chi connectivity index (χ4v) is 5.28. The summed E-state index contributed by atoms with van der Waals surface area (Å²) in [6, 6.07) is 4.94. The molecule has 2 atom stereocenters. The largest absolute Gasteiger partial charge is 0.243 e. The maximum Gasteiger partial charge on any atom is 0.243 e. The van der Waals surface area contributed by atoms with Crippen LogP contribution in [0.15, 0.2) is 31.8 Å². The lowest BCUT2D eigenvalue weighted by Gasteiger charge is -2.30. The highest BCUT2D eigenvalue weighted by molar-refractivity contribution is 7.89. The minimum atomic E-state index is -3.60. The van der Waals surface area contributed by atoms with Crippen molar-refractivity contribution in [2.24, 2.45) is 14.6 Å². The third-order valence-electron chi connectivity index (χ3n) is 3.95. The molecule has 2 unspecified atom stereocenters. The van der Waals surface area contributed by atoms with Gasteiger partial charge < -0.3 is 0 Å². The van der Waals surface area contributed by atoms with E-state index < -0.39 is 10.0 Å². The Hall–Kier alpha value is -0.760. The third kappa shape index (κ3) is 3.06. The van der Waals surface area contributed by atoms with Gasteiger partial charge in [0.2, 0.25) is 10.0 Å². The van der Waals surface area contributed by atoms with Crippen LogP contribution >= 0.6 is 11.6 Å². The fraction of sp³-hybridized carbons (Fsp3) is 0.538. The maximum absolute atomic E-state index is 12.7. The van der Waals surface area contributed by atoms with Crippen LogP contribution in [0, 0.1) is 5.92 Å². The van der Waals surface area contributed by atoms with E-state index in [2.05, 4.69) is 13.4 Å². The Labute approximate surface area is 133 Å². The van der Waals surface area contributed by atoms with E-state index >= 15 is 0 Å². The molecule has 5 nitrogen and oxygen atoms in total. The summed E-state index contributed by atoms with van der Waals surface area (Å²) in [6.07, 6.45) is 3.95. The predicted molar refractivity (Wildman–Crippen MR) is 84.8 cm³/mol. The van der Waals surface area contributed by atoms with Crippen molar-refractivity contribution in [1.82, 2.24) is 4.72 Å². The van der Waals surface area contributed by atoms with Crippen molar-refractivity contribution in [3.05, 3.63) is 18.2 Å². The molecule has 1 aromatic carbocycles. The molecule has 0 aromatic heterocycles. The lowest BCUT2D eigenvalue weighted by Crippen LogP contribution is -2.42. The third-order valence-corrected chi connectivity index (χ3v) is 6.41. The van der Waals surface area contributed by atoms with Crippen LogP contribution < -0.4 is 4.72 Å². The summed E-state index contributed by atoms with van der Waals surface area (Å²) in [7, 11) is -3.60. The molecule has 1 saturated carbocycles. The van der Waals surface area contributed by atoms with Crippen molar-refractivity contribution < 1.29 is 8.42 Å². The van der Waals surface area contributed by atoms with Crippen molar-refractivity contribution >= 4 is 44.4 Å². The minimum Gasteiger partial charge on any atom is -0.208 e. The van der Waals surface area contributed by atoms with Gasteiger partial charge in [-0.25, -0.2) is 13.1 Å². The molecule has 0 spiro atoms. The maximum atomic E-state index is 12.7. The zero-order chi connectivity index (χ0) is 14.9. The molecular weight excluding hydrogens is 330 g/mol. The molecule has 3 rings (SSSR count). The van der Waals surface area contributed by atoms with E-state index in [9.17, 15) is 8.42 Å². The molecule has 1 aliphatic heterocycles. The molecule has 2 aliphatic rings. The van der Waals surface area contributed by atoms with E-state index in [0.29, 0.717) is 17.3 Å². The number of fused-ring (bicyclic) bond motifs is 1. The summed E-state index contributed by atoms with van der Waals surface area (Å²) in [5.74, 6) is 0.679. The second-order valence-electron chi connectivity index (χ2n) is 5.31.